The maximum Gasteiger partial charge on any atom is 0.354 e. The Morgan fingerprint density at radius 3 is 2.90 bits per heavy atom. The van der Waals surface area contributed by atoms with Gasteiger partial charge in [-0.25, -0.2) is 18.5 Å². The van der Waals surface area contributed by atoms with Gasteiger partial charge < -0.3 is 10.6 Å². The van der Waals surface area contributed by atoms with Crippen LogP contribution in [0.25, 0.3) is 0 Å². The molecule has 2 amide bonds. The van der Waals surface area contributed by atoms with Crippen molar-refractivity contribution in [2.75, 3.05) is 7.05 Å². The number of benzene rings is 1. The minimum absolute atomic E-state index is 0.256. The minimum Gasteiger partial charge on any atom is -0.316 e. The zero-order chi connectivity index (χ0) is 20.6. The van der Waals surface area contributed by atoms with E-state index in [1.807, 2.05) is 0 Å². The monoisotopic (exact) mass is 418 g/mol. The van der Waals surface area contributed by atoms with E-state index in [-0.39, 0.29) is 10.8 Å². The maximum absolute atomic E-state index is 14.4. The number of urea groups is 1. The highest BCUT2D eigenvalue weighted by atomic mass is 32.2. The van der Waals surface area contributed by atoms with E-state index in [1.54, 1.807) is 13.1 Å². The fraction of sp³-hybridized carbons (Fsp3) is 0.476. The third kappa shape index (κ3) is 4.01. The van der Waals surface area contributed by atoms with Gasteiger partial charge >= 0.3 is 6.03 Å². The zero-order valence-electron chi connectivity index (χ0n) is 16.5. The summed E-state index contributed by atoms with van der Waals surface area (Å²) in [4.78, 5) is 12.4. The molecule has 0 spiro atoms. The molecule has 3 aliphatic carbocycles. The SMILES string of the molecule is CNCc1ccc(S(N)(=O)=NC(=O)NC2=C3CCCC3=CC3CCCC23)c(F)c1. The molecule has 0 bridgehead atoms. The van der Waals surface area contributed by atoms with Gasteiger partial charge in [-0.1, -0.05) is 18.6 Å². The van der Waals surface area contributed by atoms with Crippen LogP contribution in [0.15, 0.2) is 50.4 Å². The average molecular weight is 419 g/mol. The first-order chi connectivity index (χ1) is 13.9. The van der Waals surface area contributed by atoms with Crippen molar-refractivity contribution in [2.45, 2.75) is 50.0 Å². The number of nitrogens with zero attached hydrogens (tertiary/aromatic N) is 1. The van der Waals surface area contributed by atoms with E-state index in [0.717, 1.165) is 44.2 Å². The van der Waals surface area contributed by atoms with Gasteiger partial charge in [0.05, 0.1) is 4.90 Å². The Kier molecular flexibility index (Phi) is 5.59. The van der Waals surface area contributed by atoms with Crippen molar-refractivity contribution in [3.63, 3.8) is 0 Å². The largest absolute Gasteiger partial charge is 0.354 e. The van der Waals surface area contributed by atoms with Gasteiger partial charge in [0.15, 0.2) is 0 Å². The number of rotatable bonds is 4. The molecule has 1 aromatic carbocycles. The fourth-order valence-corrected chi connectivity index (χ4v) is 5.85. The fourth-order valence-electron chi connectivity index (χ4n) is 4.86. The molecule has 3 aliphatic rings. The average Bonchev–Trinajstić information content (AvgIpc) is 3.30. The second-order valence-electron chi connectivity index (χ2n) is 8.02. The smallest absolute Gasteiger partial charge is 0.316 e. The van der Waals surface area contributed by atoms with Gasteiger partial charge in [0.2, 0.25) is 0 Å². The maximum atomic E-state index is 14.4. The lowest BCUT2D eigenvalue weighted by Gasteiger charge is -2.28. The summed E-state index contributed by atoms with van der Waals surface area (Å²) < 4.78 is 31.0. The Balaban J connectivity index is 1.60. The summed E-state index contributed by atoms with van der Waals surface area (Å²) in [5.41, 5.74) is 4.12. The summed E-state index contributed by atoms with van der Waals surface area (Å²) in [5.74, 6) is -0.00250. The minimum atomic E-state index is -3.69. The number of allylic oxidation sites excluding steroid dienone is 4. The number of nitrogens with two attached hydrogens (primary N) is 1. The van der Waals surface area contributed by atoms with Crippen molar-refractivity contribution in [1.82, 2.24) is 10.6 Å². The molecule has 3 atom stereocenters. The molecular formula is C21H27FN4O2S. The third-order valence-electron chi connectivity index (χ3n) is 6.09. The summed E-state index contributed by atoms with van der Waals surface area (Å²) in [5, 5.41) is 11.6. The summed E-state index contributed by atoms with van der Waals surface area (Å²) in [6.45, 7) is 0.468. The summed E-state index contributed by atoms with van der Waals surface area (Å²) in [6, 6.07) is 3.46. The first-order valence-electron chi connectivity index (χ1n) is 10.1. The first-order valence-corrected chi connectivity index (χ1v) is 11.7. The van der Waals surface area contributed by atoms with Crippen LogP contribution in [0.5, 0.6) is 0 Å². The van der Waals surface area contributed by atoms with Crippen molar-refractivity contribution >= 4 is 15.9 Å². The van der Waals surface area contributed by atoms with Crippen LogP contribution in [0.2, 0.25) is 0 Å². The number of halogens is 1. The van der Waals surface area contributed by atoms with Crippen molar-refractivity contribution in [3.8, 4) is 0 Å². The predicted octanol–water partition coefficient (Wildman–Crippen LogP) is 3.75. The molecule has 2 fully saturated rings. The van der Waals surface area contributed by atoms with E-state index >= 15 is 0 Å². The van der Waals surface area contributed by atoms with Crippen LogP contribution in [0, 0.1) is 17.7 Å². The van der Waals surface area contributed by atoms with Gasteiger partial charge in [-0.2, -0.15) is 0 Å². The number of fused-ring (bicyclic) bond motifs is 2. The summed E-state index contributed by atoms with van der Waals surface area (Å²) >= 11 is 0. The number of carbonyl (C=O) groups is 1. The topological polar surface area (TPSA) is 96.6 Å². The standard InChI is InChI=1S/C21H27FN4O2S/c1-24-12-13-8-9-19(18(22)10-13)29(23,28)26-21(27)25-20-16-6-2-4-14(16)11-15-5-3-7-17(15)20/h8-11,14,16,24H,2-7,12H2,1H3,(H3,23,25,26,27,28). The van der Waals surface area contributed by atoms with Crippen LogP contribution in [0.4, 0.5) is 9.18 Å². The molecule has 0 saturated heterocycles. The molecule has 3 unspecified atom stereocenters. The van der Waals surface area contributed by atoms with E-state index < -0.39 is 21.8 Å². The van der Waals surface area contributed by atoms with Crippen molar-refractivity contribution in [1.29, 1.82) is 0 Å². The Morgan fingerprint density at radius 2 is 2.14 bits per heavy atom. The Labute approximate surface area is 171 Å². The van der Waals surface area contributed by atoms with Crippen LogP contribution in [-0.4, -0.2) is 17.3 Å². The Bertz CT molecular complexity index is 1020. The van der Waals surface area contributed by atoms with Crippen LogP contribution in [0.3, 0.4) is 0 Å². The second-order valence-corrected chi connectivity index (χ2v) is 9.78. The molecule has 156 valence electrons. The van der Waals surface area contributed by atoms with Gasteiger partial charge in [0.25, 0.3) is 0 Å². The first kappa shape index (κ1) is 20.3. The quantitative estimate of drug-likeness (QED) is 0.695. The molecule has 2 saturated carbocycles. The molecule has 8 heteroatoms. The van der Waals surface area contributed by atoms with Gasteiger partial charge in [-0.3, -0.25) is 0 Å². The molecule has 29 heavy (non-hydrogen) atoms. The molecule has 4 N–H and O–H groups in total. The molecular weight excluding hydrogens is 391 g/mol. The molecule has 0 heterocycles. The van der Waals surface area contributed by atoms with Crippen molar-refractivity contribution in [3.05, 3.63) is 52.5 Å². The van der Waals surface area contributed by atoms with Gasteiger partial charge in [-0.15, -0.1) is 4.36 Å². The highest BCUT2D eigenvalue weighted by Gasteiger charge is 2.37. The second kappa shape index (κ2) is 8.01. The van der Waals surface area contributed by atoms with Gasteiger partial charge in [0, 0.05) is 18.2 Å². The normalized spacial score (nSPS) is 25.1. The predicted molar refractivity (Wildman–Crippen MR) is 111 cm³/mol. The molecule has 0 aromatic heterocycles. The van der Waals surface area contributed by atoms with Gasteiger partial charge in [0.1, 0.15) is 15.7 Å². The lowest BCUT2D eigenvalue weighted by Crippen LogP contribution is -2.31. The number of nitrogens with one attached hydrogen (secondary N) is 2. The van der Waals surface area contributed by atoms with E-state index in [1.165, 1.54) is 23.3 Å². The van der Waals surface area contributed by atoms with Crippen molar-refractivity contribution in [2.24, 2.45) is 21.3 Å². The molecule has 1 aromatic rings. The van der Waals surface area contributed by atoms with E-state index in [4.69, 9.17) is 5.14 Å². The van der Waals surface area contributed by atoms with E-state index in [2.05, 4.69) is 21.1 Å². The molecule has 0 aliphatic heterocycles. The number of hydrogen-bond acceptors (Lipinski definition) is 3. The lowest BCUT2D eigenvalue weighted by molar-refractivity contribution is 0.250. The molecule has 4 rings (SSSR count). The lowest BCUT2D eigenvalue weighted by atomic mass is 9.82. The third-order valence-corrected chi connectivity index (χ3v) is 7.49. The Morgan fingerprint density at radius 1 is 1.31 bits per heavy atom. The van der Waals surface area contributed by atoms with Crippen LogP contribution < -0.4 is 15.8 Å². The van der Waals surface area contributed by atoms with Crippen LogP contribution >= 0.6 is 0 Å². The highest BCUT2D eigenvalue weighted by molar-refractivity contribution is 7.91. The highest BCUT2D eigenvalue weighted by Crippen LogP contribution is 2.47. The molecule has 6 nitrogen and oxygen atoms in total. The van der Waals surface area contributed by atoms with Crippen molar-refractivity contribution < 1.29 is 13.4 Å². The number of amides is 2. The van der Waals surface area contributed by atoms with Crippen LogP contribution in [-0.2, 0) is 16.5 Å². The van der Waals surface area contributed by atoms with Gasteiger partial charge in [-0.05, 0) is 73.9 Å². The Hall–Kier alpha value is -2.03. The number of carbonyl (C=O) groups excluding carboxylic acids is 1. The number of hydrogen-bond donors (Lipinski definition) is 3. The van der Waals surface area contributed by atoms with E-state index in [9.17, 15) is 13.4 Å². The molecule has 0 radical (unpaired) electrons. The van der Waals surface area contributed by atoms with E-state index in [0.29, 0.717) is 18.0 Å². The summed E-state index contributed by atoms with van der Waals surface area (Å²) in [7, 11) is -1.94. The zero-order valence-corrected chi connectivity index (χ0v) is 17.4. The summed E-state index contributed by atoms with van der Waals surface area (Å²) in [6.07, 6.45) is 8.69. The van der Waals surface area contributed by atoms with Crippen LogP contribution in [0.1, 0.15) is 44.1 Å².